The largest absolute Gasteiger partial charge is 0.311 e. The van der Waals surface area contributed by atoms with Crippen molar-refractivity contribution in [3.05, 3.63) is 125 Å². The zero-order valence-electron chi connectivity index (χ0n) is 36.8. The predicted molar refractivity (Wildman–Crippen MR) is 256 cm³/mol. The quantitative estimate of drug-likeness (QED) is 0.164. The van der Waals surface area contributed by atoms with Crippen LogP contribution in [0.5, 0.6) is 0 Å². The molecule has 1 aromatic heterocycles. The average molecular weight is 793 g/mol. The minimum atomic E-state index is 0.0492. The lowest BCUT2D eigenvalue weighted by Gasteiger charge is -2.44. The van der Waals surface area contributed by atoms with E-state index >= 15 is 0 Å². The lowest BCUT2D eigenvalue weighted by atomic mass is 9.36. The molecule has 4 heteroatoms. The first-order chi connectivity index (χ1) is 28.1. The maximum Gasteiger partial charge on any atom is 0.264 e. The van der Waals surface area contributed by atoms with Crippen molar-refractivity contribution >= 4 is 78.0 Å². The Hall–Kier alpha value is -4.28. The molecular formula is C55H61BN2S. The van der Waals surface area contributed by atoms with Gasteiger partial charge >= 0.3 is 0 Å². The normalized spacial score (nSPS) is 23.3. The van der Waals surface area contributed by atoms with Crippen LogP contribution in [0, 0.1) is 23.7 Å². The number of anilines is 6. The molecule has 4 aliphatic carbocycles. The molecule has 4 saturated carbocycles. The van der Waals surface area contributed by atoms with Gasteiger partial charge < -0.3 is 9.80 Å². The summed E-state index contributed by atoms with van der Waals surface area (Å²) in [6.07, 6.45) is 8.57. The summed E-state index contributed by atoms with van der Waals surface area (Å²) in [4.78, 5) is 5.37. The molecule has 0 radical (unpaired) electrons. The molecule has 0 amide bonds. The van der Waals surface area contributed by atoms with Crippen molar-refractivity contribution in [3.63, 3.8) is 0 Å². The number of benzene rings is 5. The van der Waals surface area contributed by atoms with Crippen LogP contribution in [0.1, 0.15) is 129 Å². The van der Waals surface area contributed by atoms with E-state index in [1.54, 1.807) is 5.56 Å². The van der Waals surface area contributed by atoms with Crippen molar-refractivity contribution in [3.8, 4) is 0 Å². The van der Waals surface area contributed by atoms with Crippen LogP contribution in [-0.4, -0.2) is 6.71 Å². The van der Waals surface area contributed by atoms with Crippen LogP contribution in [0.15, 0.2) is 103 Å². The summed E-state index contributed by atoms with van der Waals surface area (Å²) in [5, 5.41) is 1.39. The summed E-state index contributed by atoms with van der Waals surface area (Å²) < 4.78 is 2.84. The first kappa shape index (κ1) is 37.7. The summed E-state index contributed by atoms with van der Waals surface area (Å²) in [5.41, 5.74) is 16.8. The Kier molecular flexibility index (Phi) is 8.38. The highest BCUT2D eigenvalue weighted by Gasteiger charge is 2.48. The van der Waals surface area contributed by atoms with Gasteiger partial charge in [-0.05, 0) is 172 Å². The Bertz CT molecular complexity index is 2600. The Labute approximate surface area is 358 Å². The van der Waals surface area contributed by atoms with E-state index in [0.717, 1.165) is 23.7 Å². The second kappa shape index (κ2) is 13.1. The first-order valence-corrected chi connectivity index (χ1v) is 23.6. The minimum absolute atomic E-state index is 0.0492. The van der Waals surface area contributed by atoms with E-state index in [0.29, 0.717) is 5.92 Å². The molecule has 12 rings (SSSR count). The number of thiophene rings is 1. The van der Waals surface area contributed by atoms with Crippen molar-refractivity contribution in [2.45, 2.75) is 123 Å². The van der Waals surface area contributed by atoms with Crippen LogP contribution >= 0.6 is 11.3 Å². The fourth-order valence-electron chi connectivity index (χ4n) is 12.4. The van der Waals surface area contributed by atoms with Gasteiger partial charge in [0.25, 0.3) is 6.71 Å². The van der Waals surface area contributed by atoms with Gasteiger partial charge in [0.05, 0.1) is 5.69 Å². The van der Waals surface area contributed by atoms with Gasteiger partial charge in [0.2, 0.25) is 0 Å². The van der Waals surface area contributed by atoms with E-state index in [9.17, 15) is 0 Å². The molecule has 0 N–H and O–H groups in total. The second-order valence-electron chi connectivity index (χ2n) is 22.4. The van der Waals surface area contributed by atoms with Crippen LogP contribution in [0.2, 0.25) is 0 Å². The molecule has 3 heterocycles. The number of nitrogens with zero attached hydrogens (tertiary/aromatic N) is 2. The van der Waals surface area contributed by atoms with E-state index in [1.165, 1.54) is 115 Å². The van der Waals surface area contributed by atoms with E-state index < -0.39 is 0 Å². The van der Waals surface area contributed by atoms with Gasteiger partial charge in [-0.15, -0.1) is 11.3 Å². The molecule has 59 heavy (non-hydrogen) atoms. The SMILES string of the molecule is CC(C)(C)c1ccc(N2c3ccccc3B3c4sc5ccc(C(C)(C)C)cc5c4N(c4ccc(C(C)(C)C)cc4)c4cc(C5CC6CC7CC(C6)CC5C7)cc2c43)cc1. The van der Waals surface area contributed by atoms with Gasteiger partial charge in [0.15, 0.2) is 0 Å². The second-order valence-corrected chi connectivity index (χ2v) is 23.5. The number of hydrogen-bond donors (Lipinski definition) is 0. The monoisotopic (exact) mass is 792 g/mol. The zero-order chi connectivity index (χ0) is 40.7. The third kappa shape index (κ3) is 6.08. The van der Waals surface area contributed by atoms with Crippen molar-refractivity contribution in [2.75, 3.05) is 9.80 Å². The first-order valence-electron chi connectivity index (χ1n) is 22.7. The minimum Gasteiger partial charge on any atom is -0.311 e. The van der Waals surface area contributed by atoms with Crippen molar-refractivity contribution < 1.29 is 0 Å². The Morgan fingerprint density at radius 1 is 0.525 bits per heavy atom. The van der Waals surface area contributed by atoms with Gasteiger partial charge in [0, 0.05) is 43.3 Å². The summed E-state index contributed by atoms with van der Waals surface area (Å²) in [7, 11) is 0. The third-order valence-corrected chi connectivity index (χ3v) is 16.5. The number of hydrogen-bond acceptors (Lipinski definition) is 3. The lowest BCUT2D eigenvalue weighted by molar-refractivity contribution is 0.131. The standard InChI is InChI=1S/C55H61BN2S/c1-53(2,3)38-14-19-41(20-15-38)57-46-13-11-10-12-45(46)56-50-47(57)30-37(43-29-35-25-33-24-34(26-35)28-36(43)27-33)31-48(50)58(42-21-16-39(17-22-42)54(4,5)6)51-44-32-40(55(7,8)9)18-23-49(44)59-52(51)56/h10-23,30-36,43H,24-29H2,1-9H3. The van der Waals surface area contributed by atoms with Crippen LogP contribution < -0.4 is 25.5 Å². The maximum absolute atomic E-state index is 2.72. The van der Waals surface area contributed by atoms with E-state index in [2.05, 4.69) is 175 Å². The van der Waals surface area contributed by atoms with Crippen molar-refractivity contribution in [1.82, 2.24) is 0 Å². The molecule has 6 aromatic rings. The fraction of sp³-hybridized carbons (Fsp3) is 0.418. The topological polar surface area (TPSA) is 6.48 Å². The number of para-hydroxylation sites is 1. The molecule has 3 atom stereocenters. The van der Waals surface area contributed by atoms with Gasteiger partial charge in [-0.2, -0.15) is 0 Å². The van der Waals surface area contributed by atoms with Crippen LogP contribution in [0.25, 0.3) is 10.1 Å². The van der Waals surface area contributed by atoms with E-state index in [4.69, 9.17) is 0 Å². The van der Waals surface area contributed by atoms with Crippen molar-refractivity contribution in [2.24, 2.45) is 23.7 Å². The molecule has 5 aromatic carbocycles. The molecular weight excluding hydrogens is 731 g/mol. The van der Waals surface area contributed by atoms with Crippen molar-refractivity contribution in [1.29, 1.82) is 0 Å². The molecule has 0 spiro atoms. The summed E-state index contributed by atoms with van der Waals surface area (Å²) in [6.45, 7) is 21.2. The molecule has 4 bridgehead atoms. The molecule has 300 valence electrons. The lowest BCUT2D eigenvalue weighted by Crippen LogP contribution is -2.60. The predicted octanol–water partition coefficient (Wildman–Crippen LogP) is 13.8. The molecule has 4 fully saturated rings. The van der Waals surface area contributed by atoms with Gasteiger partial charge in [-0.1, -0.05) is 111 Å². The average Bonchev–Trinajstić information content (AvgIpc) is 3.45. The van der Waals surface area contributed by atoms with Crippen LogP contribution in [-0.2, 0) is 16.2 Å². The Balaban J connectivity index is 1.22. The summed E-state index contributed by atoms with van der Waals surface area (Å²) >= 11 is 2.02. The molecule has 2 nitrogen and oxygen atoms in total. The fourth-order valence-corrected chi connectivity index (χ4v) is 13.7. The highest BCUT2D eigenvalue weighted by molar-refractivity contribution is 7.33. The van der Waals surface area contributed by atoms with Gasteiger partial charge in [-0.3, -0.25) is 0 Å². The third-order valence-electron chi connectivity index (χ3n) is 15.3. The van der Waals surface area contributed by atoms with Crippen LogP contribution in [0.4, 0.5) is 34.1 Å². The van der Waals surface area contributed by atoms with Gasteiger partial charge in [0.1, 0.15) is 0 Å². The van der Waals surface area contributed by atoms with E-state index in [1.807, 2.05) is 11.3 Å². The number of fused-ring (bicyclic) bond motifs is 7. The smallest absolute Gasteiger partial charge is 0.264 e. The Morgan fingerprint density at radius 2 is 1.05 bits per heavy atom. The van der Waals surface area contributed by atoms with Crippen LogP contribution in [0.3, 0.4) is 0 Å². The molecule has 0 saturated heterocycles. The maximum atomic E-state index is 2.72. The molecule has 3 unspecified atom stereocenters. The number of rotatable bonds is 3. The highest BCUT2D eigenvalue weighted by Crippen LogP contribution is 2.57. The molecule has 2 aliphatic heterocycles. The highest BCUT2D eigenvalue weighted by atomic mass is 32.1. The molecule has 6 aliphatic rings. The summed E-state index contributed by atoms with van der Waals surface area (Å²) in [5.74, 6) is 4.10. The zero-order valence-corrected chi connectivity index (χ0v) is 37.6. The summed E-state index contributed by atoms with van der Waals surface area (Å²) in [6, 6.07) is 41.3. The van der Waals surface area contributed by atoms with Gasteiger partial charge in [-0.25, -0.2) is 0 Å². The van der Waals surface area contributed by atoms with E-state index in [-0.39, 0.29) is 23.0 Å². The Morgan fingerprint density at radius 3 is 1.64 bits per heavy atom.